The third-order valence-corrected chi connectivity index (χ3v) is 26.5. The number of aliphatic carboxylic acids is 2. The number of ether oxygens (including phenoxy) is 10. The maximum Gasteiger partial charge on any atom is 0.308 e. The van der Waals surface area contributed by atoms with Crippen LogP contribution >= 0.6 is 15.6 Å². The molecule has 1 unspecified atom stereocenters. The molecular formula is C89H159N3O40P2-4. The van der Waals surface area contributed by atoms with Gasteiger partial charge in [0.25, 0.3) is 7.82 Å². The fourth-order valence-electron chi connectivity index (χ4n) is 17.3. The molecule has 134 heavy (non-hydrogen) atoms. The van der Waals surface area contributed by atoms with Gasteiger partial charge >= 0.3 is 11.9 Å². The molecule has 5 aliphatic heterocycles. The first-order valence-electron chi connectivity index (χ1n) is 48.9. The zero-order valence-electron chi connectivity index (χ0n) is 78.6. The van der Waals surface area contributed by atoms with Gasteiger partial charge in [-0.3, -0.25) is 28.3 Å². The quantitative estimate of drug-likeness (QED) is 0.0205. The molecule has 0 aromatic carbocycles. The van der Waals surface area contributed by atoms with Crippen LogP contribution in [0.2, 0.25) is 0 Å². The van der Waals surface area contributed by atoms with E-state index in [4.69, 9.17) is 60.9 Å². The number of rotatable bonds is 72. The smallest absolute Gasteiger partial charge is 0.308 e. The topological polar surface area (TPSA) is 707 Å². The third-order valence-electron chi connectivity index (χ3n) is 25.1. The van der Waals surface area contributed by atoms with Gasteiger partial charge in [0.1, 0.15) is 110 Å². The second-order valence-electron chi connectivity index (χ2n) is 36.7. The summed E-state index contributed by atoms with van der Waals surface area (Å²) in [5.41, 5.74) is 3.65. The fraction of sp³-hybridized carbons (Fsp3) is 0.933. The van der Waals surface area contributed by atoms with Crippen LogP contribution in [0, 0.1) is 0 Å². The first-order chi connectivity index (χ1) is 63.7. The summed E-state index contributed by atoms with van der Waals surface area (Å²) in [6.07, 6.45) is -26.8. The van der Waals surface area contributed by atoms with E-state index in [0.717, 1.165) is 180 Å². The third kappa shape index (κ3) is 42.7. The van der Waals surface area contributed by atoms with Crippen molar-refractivity contribution in [3.8, 4) is 0 Å². The van der Waals surface area contributed by atoms with Gasteiger partial charge in [0.05, 0.1) is 96.6 Å². The molecular weight excluding hydrogens is 1810 g/mol. The van der Waals surface area contributed by atoms with Crippen LogP contribution in [-0.4, -0.2) is 311 Å². The number of nitrogens with one attached hydrogen (secondary N) is 2. The lowest BCUT2D eigenvalue weighted by atomic mass is 9.90. The van der Waals surface area contributed by atoms with Gasteiger partial charge < -0.3 is 183 Å². The SMILES string of the molecule is CCCCCCCCCCC[C@@H](O)CC(=O)N[C@H]1[C@H](OC[C@H]2O[C@H](OP(=O)([O-])[O-])[C@H](NC(=O)C[C@H](O)CCCCCCCCCCC)[C@@H](OC(=O)C[C@H](O)CCCCCCCCCCC)[C@@H]2O)O[C@H](CO[C@]2(C(=O)[O-])C[C@@H](O[C@]3(C(=O)[O-])C[C@@H](O)[C@@H](O)[C@@H]([C@H](O)CO)O3)[C@@H](O)[C@@H]([C@H](O)CO)O2)[C@@H](OP(=O)([O-])O[C@H]2OC[C@H]([NH3+])[C@H](O)[C@H]2O)[C@@H]1OC(=O)C[C@H](O)CCCCCCCCCCC. The summed E-state index contributed by atoms with van der Waals surface area (Å²) < 4.78 is 103. The van der Waals surface area contributed by atoms with Crippen molar-refractivity contribution in [2.75, 3.05) is 33.0 Å². The molecule has 5 heterocycles. The van der Waals surface area contributed by atoms with E-state index in [1.165, 1.54) is 0 Å². The highest BCUT2D eigenvalue weighted by molar-refractivity contribution is 7.45. The Morgan fingerprint density at radius 2 is 0.813 bits per heavy atom. The fourth-order valence-corrected chi connectivity index (χ4v) is 18.8. The van der Waals surface area contributed by atoms with Crippen LogP contribution in [0.5, 0.6) is 0 Å². The summed E-state index contributed by atoms with van der Waals surface area (Å²) in [4.78, 5) is 127. The van der Waals surface area contributed by atoms with E-state index in [-0.39, 0.29) is 25.7 Å². The Balaban J connectivity index is 1.74. The molecule has 0 aromatic heterocycles. The van der Waals surface area contributed by atoms with Crippen LogP contribution in [0.4, 0.5) is 0 Å². The number of hydrogen-bond acceptors (Lipinski definition) is 40. The van der Waals surface area contributed by atoms with Gasteiger partial charge in [-0.05, 0) is 25.7 Å². The summed E-state index contributed by atoms with van der Waals surface area (Å²) in [6, 6.07) is -5.75. The molecule has 0 saturated carbocycles. The average molecular weight is 1970 g/mol. The lowest BCUT2D eigenvalue weighted by Gasteiger charge is -2.53. The molecule has 5 fully saturated rings. The Bertz CT molecular complexity index is 3390. The number of hydrogen-bond donors (Lipinski definition) is 17. The minimum atomic E-state index is -6.47. The van der Waals surface area contributed by atoms with Crippen LogP contribution in [0.3, 0.4) is 0 Å². The number of phosphoric acid groups is 2. The van der Waals surface area contributed by atoms with Gasteiger partial charge in [0, 0.05) is 12.8 Å². The Morgan fingerprint density at radius 1 is 0.433 bits per heavy atom. The molecule has 0 aromatic rings. The normalized spacial score (nSPS) is 30.4. The predicted molar refractivity (Wildman–Crippen MR) is 463 cm³/mol. The van der Waals surface area contributed by atoms with Crippen LogP contribution in [-0.2, 0) is 98.8 Å². The number of carboxylic acids is 2. The molecule has 45 heteroatoms. The van der Waals surface area contributed by atoms with E-state index in [9.17, 15) is 134 Å². The number of aliphatic hydroxyl groups excluding tert-OH is 14. The van der Waals surface area contributed by atoms with E-state index in [1.54, 1.807) is 0 Å². The van der Waals surface area contributed by atoms with Crippen LogP contribution in [0.1, 0.15) is 323 Å². The summed E-state index contributed by atoms with van der Waals surface area (Å²) in [5.74, 6) is -17.4. The van der Waals surface area contributed by atoms with E-state index in [1.807, 2.05) is 0 Å². The van der Waals surface area contributed by atoms with Crippen LogP contribution < -0.4 is 41.3 Å². The standard InChI is InChI=1S/C89H163N3O40P2/c1-5-9-13-17-21-25-29-33-37-41-56(95)45-67(102)91-71-81(125-69(104)47-58(97)43-39-35-31-27-23-19-15-11-7-3)76(109)65(123-84(71)131-133(115,116)117)54-121-83-72(92-68(103)46-57(96)42-38-34-30-26-22-18-14-10-6-2)82(126-70(105)48-59(98)44-40-36-32-28-24-20-16-12-8-4)80(130-134(118,119)132-85-77(110)73(106)60(90)53-120-85)66(124-83)55-122-88(86(111)112)50-64(75(108)79(128-88)63(101)52-94)127-89(87(113)114)49-61(99)74(107)78(129-89)62(100)51-93/h56-66,71-85,93-101,106-110H,5-55,90H2,1-4H3,(H,91,102)(H,92,103)(H,111,112)(H,113,114)(H,118,119)(H2,115,116,117)/p-4/t56-,57-,58-,59-,60+,61-,62-,63-,64-,65-,66-,71-,72-,73+,74-,75-,76-,77-,78-,79-,80-,81-,82-,83-,84-,85-,88-,89-/m1/s1. The molecule has 0 radical (unpaired) electrons. The number of carbonyl (C=O) groups is 6. The number of phosphoric ester groups is 2. The van der Waals surface area contributed by atoms with Gasteiger partial charge in [0.2, 0.25) is 23.4 Å². The number of unbranched alkanes of at least 4 members (excludes halogenated alkanes) is 32. The molecule has 29 atom stereocenters. The predicted octanol–water partition coefficient (Wildman–Crippen LogP) is -0.640. The first-order valence-corrected chi connectivity index (χ1v) is 51.9. The molecule has 0 spiro atoms. The van der Waals surface area contributed by atoms with Crippen molar-refractivity contribution < 1.29 is 201 Å². The van der Waals surface area contributed by atoms with Gasteiger partial charge in [-0.1, -0.05) is 259 Å². The average Bonchev–Trinajstić information content (AvgIpc) is 0.748. The molecule has 5 aliphatic rings. The van der Waals surface area contributed by atoms with E-state index in [0.29, 0.717) is 51.4 Å². The summed E-state index contributed by atoms with van der Waals surface area (Å²) in [5, 5.41) is 189. The van der Waals surface area contributed by atoms with Crippen LogP contribution in [0.25, 0.3) is 0 Å². The zero-order valence-corrected chi connectivity index (χ0v) is 80.3. The first kappa shape index (κ1) is 121. The van der Waals surface area contributed by atoms with Crippen molar-refractivity contribution in [1.82, 2.24) is 10.6 Å². The van der Waals surface area contributed by atoms with Crippen molar-refractivity contribution in [2.24, 2.45) is 0 Å². The number of carbonyl (C=O) groups excluding carboxylic acids is 6. The van der Waals surface area contributed by atoms with E-state index < -0.39 is 294 Å². The molecule has 19 N–H and O–H groups in total. The maximum absolute atomic E-state index is 15.0. The summed E-state index contributed by atoms with van der Waals surface area (Å²) in [7, 11) is -12.9. The zero-order chi connectivity index (χ0) is 99.1. The highest BCUT2D eigenvalue weighted by atomic mass is 31.2. The second kappa shape index (κ2) is 63.9. The van der Waals surface area contributed by atoms with E-state index >= 15 is 0 Å². The molecule has 5 saturated heterocycles. The van der Waals surface area contributed by atoms with Gasteiger partial charge in [-0.15, -0.1) is 0 Å². The summed E-state index contributed by atoms with van der Waals surface area (Å²) in [6.45, 7) is 1.96. The van der Waals surface area contributed by atoms with Crippen molar-refractivity contribution in [3.63, 3.8) is 0 Å². The van der Waals surface area contributed by atoms with Crippen molar-refractivity contribution in [1.29, 1.82) is 0 Å². The minimum absolute atomic E-state index is 0.0215. The molecule has 0 aliphatic carbocycles. The second-order valence-corrected chi connectivity index (χ2v) is 39.1. The van der Waals surface area contributed by atoms with Crippen molar-refractivity contribution in [3.05, 3.63) is 0 Å². The van der Waals surface area contributed by atoms with Gasteiger partial charge in [-0.25, -0.2) is 0 Å². The Hall–Kier alpha value is -3.88. The Morgan fingerprint density at radius 3 is 1.22 bits per heavy atom. The monoisotopic (exact) mass is 1970 g/mol. The van der Waals surface area contributed by atoms with Gasteiger partial charge in [0.15, 0.2) is 31.1 Å². The maximum atomic E-state index is 15.0. The van der Waals surface area contributed by atoms with E-state index in [2.05, 4.69) is 44.1 Å². The number of aliphatic hydroxyl groups is 14. The minimum Gasteiger partial charge on any atom is -0.790 e. The number of quaternary nitrogens is 1. The molecule has 0 bridgehead atoms. The highest BCUT2D eigenvalue weighted by Crippen LogP contribution is 2.48. The molecule has 2 amide bonds. The number of carboxylic acid groups (broad SMARTS) is 2. The lowest BCUT2D eigenvalue weighted by Crippen LogP contribution is -2.74. The number of amides is 2. The Kier molecular flexibility index (Phi) is 57.5. The molecule has 784 valence electrons. The Labute approximate surface area is 786 Å². The lowest BCUT2D eigenvalue weighted by molar-refractivity contribution is -0.468. The van der Waals surface area contributed by atoms with Gasteiger partial charge in [-0.2, -0.15) is 0 Å². The molecule has 5 rings (SSSR count). The largest absolute Gasteiger partial charge is 0.790 e. The summed E-state index contributed by atoms with van der Waals surface area (Å²) >= 11 is 0. The molecule has 43 nitrogen and oxygen atoms in total. The van der Waals surface area contributed by atoms with Crippen LogP contribution in [0.15, 0.2) is 0 Å². The van der Waals surface area contributed by atoms with Crippen molar-refractivity contribution >= 4 is 51.3 Å². The number of esters is 2. The van der Waals surface area contributed by atoms with Crippen molar-refractivity contribution in [2.45, 2.75) is 494 Å². The highest BCUT2D eigenvalue weighted by Gasteiger charge is 2.60.